The van der Waals surface area contributed by atoms with Crippen LogP contribution in [0.3, 0.4) is 0 Å². The number of carbonyl (C=O) groups is 2. The van der Waals surface area contributed by atoms with Crippen molar-refractivity contribution < 1.29 is 22.8 Å². The third kappa shape index (κ3) is 6.03. The van der Waals surface area contributed by atoms with Crippen LogP contribution in [0.25, 0.3) is 6.08 Å². The lowest BCUT2D eigenvalue weighted by molar-refractivity contribution is -0.137. The minimum atomic E-state index is -4.45. The van der Waals surface area contributed by atoms with Crippen LogP contribution in [-0.2, 0) is 22.2 Å². The van der Waals surface area contributed by atoms with Gasteiger partial charge in [-0.3, -0.25) is 20.4 Å². The SMILES string of the molecule is Cc1nc(CC(=O)NNC(=O)/C=C/c2cccc(C(F)(F)F)c2)cs1. The number of thiazole rings is 1. The van der Waals surface area contributed by atoms with Crippen LogP contribution < -0.4 is 10.9 Å². The topological polar surface area (TPSA) is 71.1 Å². The Kier molecular flexibility index (Phi) is 5.92. The second kappa shape index (κ2) is 7.93. The summed E-state index contributed by atoms with van der Waals surface area (Å²) >= 11 is 1.41. The molecule has 2 rings (SSSR count). The molecule has 0 spiro atoms. The van der Waals surface area contributed by atoms with Crippen molar-refractivity contribution in [1.82, 2.24) is 15.8 Å². The molecular weight excluding hydrogens is 355 g/mol. The number of nitrogens with one attached hydrogen (secondary N) is 2. The molecule has 0 aliphatic carbocycles. The third-order valence-electron chi connectivity index (χ3n) is 2.97. The van der Waals surface area contributed by atoms with Gasteiger partial charge in [0.25, 0.3) is 5.91 Å². The Morgan fingerprint density at radius 2 is 2.04 bits per heavy atom. The molecule has 0 atom stereocenters. The number of aromatic nitrogens is 1. The normalized spacial score (nSPS) is 11.5. The predicted molar refractivity (Wildman–Crippen MR) is 87.3 cm³/mol. The van der Waals surface area contributed by atoms with Gasteiger partial charge in [0.05, 0.1) is 22.7 Å². The van der Waals surface area contributed by atoms with E-state index in [1.165, 1.54) is 29.5 Å². The van der Waals surface area contributed by atoms with Gasteiger partial charge in [-0.15, -0.1) is 11.3 Å². The fourth-order valence-corrected chi connectivity index (χ4v) is 2.47. The van der Waals surface area contributed by atoms with Gasteiger partial charge in [-0.1, -0.05) is 12.1 Å². The van der Waals surface area contributed by atoms with Crippen LogP contribution in [0.4, 0.5) is 13.2 Å². The van der Waals surface area contributed by atoms with E-state index in [0.29, 0.717) is 5.69 Å². The quantitative estimate of drug-likeness (QED) is 0.643. The van der Waals surface area contributed by atoms with E-state index in [0.717, 1.165) is 23.2 Å². The van der Waals surface area contributed by atoms with Gasteiger partial charge < -0.3 is 0 Å². The highest BCUT2D eigenvalue weighted by molar-refractivity contribution is 7.09. The molecule has 1 aromatic carbocycles. The van der Waals surface area contributed by atoms with Crippen LogP contribution in [0.5, 0.6) is 0 Å². The maximum atomic E-state index is 12.6. The molecule has 0 aliphatic heterocycles. The Bertz CT molecular complexity index is 800. The minimum Gasteiger partial charge on any atom is -0.273 e. The Morgan fingerprint density at radius 3 is 2.68 bits per heavy atom. The van der Waals surface area contributed by atoms with Crippen molar-refractivity contribution in [2.75, 3.05) is 0 Å². The Morgan fingerprint density at radius 1 is 1.28 bits per heavy atom. The summed E-state index contributed by atoms with van der Waals surface area (Å²) in [6.45, 7) is 1.81. The molecule has 1 heterocycles. The maximum Gasteiger partial charge on any atom is 0.416 e. The number of halogens is 3. The molecule has 132 valence electrons. The van der Waals surface area contributed by atoms with Gasteiger partial charge in [0.2, 0.25) is 5.91 Å². The summed E-state index contributed by atoms with van der Waals surface area (Å²) in [5, 5.41) is 2.57. The average molecular weight is 369 g/mol. The highest BCUT2D eigenvalue weighted by Gasteiger charge is 2.30. The summed E-state index contributed by atoms with van der Waals surface area (Å²) in [5.74, 6) is -1.12. The van der Waals surface area contributed by atoms with Gasteiger partial charge in [-0.25, -0.2) is 4.98 Å². The van der Waals surface area contributed by atoms with E-state index in [4.69, 9.17) is 0 Å². The standard InChI is InChI=1S/C16H14F3N3O2S/c1-10-20-13(9-25-10)8-15(24)22-21-14(23)6-5-11-3-2-4-12(7-11)16(17,18)19/h2-7,9H,8H2,1H3,(H,21,23)(H,22,24)/b6-5+. The smallest absolute Gasteiger partial charge is 0.273 e. The van der Waals surface area contributed by atoms with Gasteiger partial charge >= 0.3 is 6.18 Å². The molecule has 2 aromatic rings. The second-order valence-electron chi connectivity index (χ2n) is 5.03. The second-order valence-corrected chi connectivity index (χ2v) is 6.09. The summed E-state index contributed by atoms with van der Waals surface area (Å²) in [4.78, 5) is 27.4. The van der Waals surface area contributed by atoms with Gasteiger partial charge in [0.15, 0.2) is 0 Å². The monoisotopic (exact) mass is 369 g/mol. The first kappa shape index (κ1) is 18.7. The van der Waals surface area contributed by atoms with Gasteiger partial charge in [0.1, 0.15) is 0 Å². The maximum absolute atomic E-state index is 12.6. The number of amides is 2. The van der Waals surface area contributed by atoms with Crippen molar-refractivity contribution in [2.45, 2.75) is 19.5 Å². The molecule has 0 aliphatic rings. The minimum absolute atomic E-state index is 0.0158. The van der Waals surface area contributed by atoms with E-state index >= 15 is 0 Å². The van der Waals surface area contributed by atoms with E-state index in [1.807, 2.05) is 6.92 Å². The van der Waals surface area contributed by atoms with Crippen molar-refractivity contribution in [3.8, 4) is 0 Å². The van der Waals surface area contributed by atoms with Crippen molar-refractivity contribution in [3.05, 3.63) is 57.6 Å². The lowest BCUT2D eigenvalue weighted by atomic mass is 10.1. The van der Waals surface area contributed by atoms with E-state index < -0.39 is 23.6 Å². The van der Waals surface area contributed by atoms with Crippen molar-refractivity contribution in [2.24, 2.45) is 0 Å². The zero-order valence-corrected chi connectivity index (χ0v) is 13.9. The van der Waals surface area contributed by atoms with E-state index in [9.17, 15) is 22.8 Å². The molecule has 25 heavy (non-hydrogen) atoms. The molecule has 0 unspecified atom stereocenters. The number of carbonyl (C=O) groups excluding carboxylic acids is 2. The molecular formula is C16H14F3N3O2S. The average Bonchev–Trinajstić information content (AvgIpc) is 2.95. The number of rotatable bonds is 4. The molecule has 0 bridgehead atoms. The predicted octanol–water partition coefficient (Wildman–Crippen LogP) is 2.87. The Hall–Kier alpha value is -2.68. The summed E-state index contributed by atoms with van der Waals surface area (Å²) in [7, 11) is 0. The molecule has 0 fully saturated rings. The lowest BCUT2D eigenvalue weighted by Gasteiger charge is -2.07. The van der Waals surface area contributed by atoms with Gasteiger partial charge in [0, 0.05) is 11.5 Å². The van der Waals surface area contributed by atoms with Gasteiger partial charge in [-0.05, 0) is 30.7 Å². The number of hydrogen-bond donors (Lipinski definition) is 2. The summed E-state index contributed by atoms with van der Waals surface area (Å²) in [5.41, 5.74) is 4.36. The van der Waals surface area contributed by atoms with Crippen LogP contribution in [0, 0.1) is 6.92 Å². The zero-order valence-electron chi connectivity index (χ0n) is 13.1. The number of alkyl halides is 3. The van der Waals surface area contributed by atoms with E-state index in [2.05, 4.69) is 15.8 Å². The Balaban J connectivity index is 1.85. The van der Waals surface area contributed by atoms with Crippen LogP contribution in [0.2, 0.25) is 0 Å². The molecule has 2 N–H and O–H groups in total. The van der Waals surface area contributed by atoms with Crippen LogP contribution in [-0.4, -0.2) is 16.8 Å². The first-order chi connectivity index (χ1) is 11.7. The molecule has 9 heteroatoms. The molecule has 0 saturated carbocycles. The highest BCUT2D eigenvalue weighted by Crippen LogP contribution is 2.29. The lowest BCUT2D eigenvalue weighted by Crippen LogP contribution is -2.41. The fraction of sp³-hybridized carbons (Fsp3) is 0.188. The van der Waals surface area contributed by atoms with Crippen molar-refractivity contribution >= 4 is 29.2 Å². The number of hydrazine groups is 1. The molecule has 0 radical (unpaired) electrons. The zero-order chi connectivity index (χ0) is 18.4. The highest BCUT2D eigenvalue weighted by atomic mass is 32.1. The van der Waals surface area contributed by atoms with E-state index in [-0.39, 0.29) is 12.0 Å². The van der Waals surface area contributed by atoms with Crippen LogP contribution in [0.1, 0.15) is 21.8 Å². The van der Waals surface area contributed by atoms with E-state index in [1.54, 1.807) is 5.38 Å². The van der Waals surface area contributed by atoms with Crippen LogP contribution >= 0.6 is 11.3 Å². The number of hydrogen-bond acceptors (Lipinski definition) is 4. The summed E-state index contributed by atoms with van der Waals surface area (Å²) in [6.07, 6.45) is -2.18. The number of benzene rings is 1. The first-order valence-corrected chi connectivity index (χ1v) is 7.97. The molecule has 5 nitrogen and oxygen atoms in total. The van der Waals surface area contributed by atoms with Crippen molar-refractivity contribution in [3.63, 3.8) is 0 Å². The first-order valence-electron chi connectivity index (χ1n) is 7.09. The van der Waals surface area contributed by atoms with Crippen molar-refractivity contribution in [1.29, 1.82) is 0 Å². The largest absolute Gasteiger partial charge is 0.416 e. The number of nitrogens with zero attached hydrogens (tertiary/aromatic N) is 1. The fourth-order valence-electron chi connectivity index (χ4n) is 1.86. The molecule has 1 aromatic heterocycles. The van der Waals surface area contributed by atoms with Gasteiger partial charge in [-0.2, -0.15) is 13.2 Å². The molecule has 0 saturated heterocycles. The third-order valence-corrected chi connectivity index (χ3v) is 3.80. The summed E-state index contributed by atoms with van der Waals surface area (Å²) < 4.78 is 37.8. The summed E-state index contributed by atoms with van der Waals surface area (Å²) in [6, 6.07) is 4.55. The Labute approximate surface area is 145 Å². The number of aryl methyl sites for hydroxylation is 1. The molecule has 2 amide bonds. The van der Waals surface area contributed by atoms with Crippen LogP contribution in [0.15, 0.2) is 35.7 Å².